The quantitative estimate of drug-likeness (QED) is 0.767. The average molecular weight is 349 g/mol. The van der Waals surface area contributed by atoms with Gasteiger partial charge in [-0.05, 0) is 31.0 Å². The molecule has 8 heteroatoms. The lowest BCUT2D eigenvalue weighted by molar-refractivity contribution is 0.0933. The number of carbonyl (C=O) groups excluding carboxylic acids is 1. The molecule has 132 valence electrons. The summed E-state index contributed by atoms with van der Waals surface area (Å²) >= 11 is 0. The van der Waals surface area contributed by atoms with Crippen LogP contribution in [-0.4, -0.2) is 49.5 Å². The van der Waals surface area contributed by atoms with E-state index in [2.05, 4.69) is 30.2 Å². The molecule has 3 aromatic rings. The van der Waals surface area contributed by atoms with Crippen molar-refractivity contribution in [3.63, 3.8) is 0 Å². The molecule has 4 rings (SSSR count). The van der Waals surface area contributed by atoms with Crippen molar-refractivity contribution in [3.05, 3.63) is 61.1 Å². The van der Waals surface area contributed by atoms with Crippen LogP contribution in [0.5, 0.6) is 0 Å². The van der Waals surface area contributed by atoms with E-state index < -0.39 is 0 Å². The van der Waals surface area contributed by atoms with Crippen LogP contribution in [0, 0.1) is 0 Å². The molecule has 1 aliphatic rings. The highest BCUT2D eigenvalue weighted by molar-refractivity contribution is 5.94. The third-order valence-electron chi connectivity index (χ3n) is 4.37. The fourth-order valence-corrected chi connectivity index (χ4v) is 3.10. The van der Waals surface area contributed by atoms with Crippen molar-refractivity contribution in [2.24, 2.45) is 0 Å². The van der Waals surface area contributed by atoms with Gasteiger partial charge in [0.25, 0.3) is 5.91 Å². The molecule has 0 bridgehead atoms. The summed E-state index contributed by atoms with van der Waals surface area (Å²) in [4.78, 5) is 31.7. The monoisotopic (exact) mass is 349 g/mol. The molecule has 0 saturated carbocycles. The second-order valence-corrected chi connectivity index (χ2v) is 6.18. The minimum Gasteiger partial charge on any atom is -0.348 e. The largest absolute Gasteiger partial charge is 0.348 e. The minimum absolute atomic E-state index is 0.0601. The average Bonchev–Trinajstić information content (AvgIpc) is 3.24. The lowest BCUT2D eigenvalue weighted by Gasteiger charge is -2.33. The topological polar surface area (TPSA) is 88.8 Å². The standard InChI is InChI=1S/C18H19N7O/c26-17(14-4-7-20-16(11-14)25-10-8-19-13-25)23-15-3-1-9-24(12-15)18-21-5-2-6-22-18/h2,4-8,10-11,13,15H,1,3,9,12H2,(H,23,26)/t15-/m0/s1. The van der Waals surface area contributed by atoms with Gasteiger partial charge in [0.2, 0.25) is 5.95 Å². The van der Waals surface area contributed by atoms with Crippen LogP contribution in [0.15, 0.2) is 55.5 Å². The first-order valence-corrected chi connectivity index (χ1v) is 8.57. The van der Waals surface area contributed by atoms with Gasteiger partial charge in [-0.3, -0.25) is 9.36 Å². The Morgan fingerprint density at radius 2 is 2.04 bits per heavy atom. The molecule has 1 saturated heterocycles. The smallest absolute Gasteiger partial charge is 0.251 e. The number of nitrogens with one attached hydrogen (secondary N) is 1. The molecule has 1 fully saturated rings. The minimum atomic E-state index is -0.102. The van der Waals surface area contributed by atoms with Crippen molar-refractivity contribution in [2.45, 2.75) is 18.9 Å². The Morgan fingerprint density at radius 1 is 1.15 bits per heavy atom. The highest BCUT2D eigenvalue weighted by atomic mass is 16.1. The van der Waals surface area contributed by atoms with Gasteiger partial charge in [-0.25, -0.2) is 19.9 Å². The van der Waals surface area contributed by atoms with Crippen molar-refractivity contribution >= 4 is 11.9 Å². The van der Waals surface area contributed by atoms with Crippen LogP contribution in [0.3, 0.4) is 0 Å². The number of hydrogen-bond donors (Lipinski definition) is 1. The number of imidazole rings is 1. The first kappa shape index (κ1) is 16.2. The molecule has 0 aliphatic carbocycles. The van der Waals surface area contributed by atoms with Crippen LogP contribution in [-0.2, 0) is 0 Å². The van der Waals surface area contributed by atoms with E-state index in [4.69, 9.17) is 0 Å². The first-order chi connectivity index (χ1) is 12.8. The Labute approximate surface area is 150 Å². The zero-order valence-electron chi connectivity index (χ0n) is 14.2. The molecule has 0 spiro atoms. The van der Waals surface area contributed by atoms with Gasteiger partial charge in [0.1, 0.15) is 12.1 Å². The molecular formula is C18H19N7O. The second kappa shape index (κ2) is 7.30. The van der Waals surface area contributed by atoms with E-state index in [0.29, 0.717) is 23.9 Å². The molecule has 1 aliphatic heterocycles. The van der Waals surface area contributed by atoms with Crippen molar-refractivity contribution in [1.82, 2.24) is 29.8 Å². The van der Waals surface area contributed by atoms with Gasteiger partial charge in [0, 0.05) is 55.7 Å². The lowest BCUT2D eigenvalue weighted by Crippen LogP contribution is -2.48. The van der Waals surface area contributed by atoms with Crippen LogP contribution in [0.2, 0.25) is 0 Å². The number of anilines is 1. The number of piperidine rings is 1. The maximum atomic E-state index is 12.7. The highest BCUT2D eigenvalue weighted by Crippen LogP contribution is 2.16. The summed E-state index contributed by atoms with van der Waals surface area (Å²) in [5.41, 5.74) is 0.580. The zero-order valence-corrected chi connectivity index (χ0v) is 14.2. The van der Waals surface area contributed by atoms with E-state index in [0.717, 1.165) is 19.4 Å². The third-order valence-corrected chi connectivity index (χ3v) is 4.37. The molecule has 0 aromatic carbocycles. The molecule has 1 amide bonds. The van der Waals surface area contributed by atoms with Crippen molar-refractivity contribution in [1.29, 1.82) is 0 Å². The number of hydrogen-bond acceptors (Lipinski definition) is 6. The summed E-state index contributed by atoms with van der Waals surface area (Å²) in [6.45, 7) is 1.60. The van der Waals surface area contributed by atoms with Crippen molar-refractivity contribution in [2.75, 3.05) is 18.0 Å². The van der Waals surface area contributed by atoms with Gasteiger partial charge in [0.05, 0.1) is 0 Å². The SMILES string of the molecule is O=C(N[C@H]1CCCN(c2ncccn2)C1)c1ccnc(-n2ccnc2)c1. The van der Waals surface area contributed by atoms with Crippen LogP contribution in [0.4, 0.5) is 5.95 Å². The number of rotatable bonds is 4. The van der Waals surface area contributed by atoms with E-state index in [1.54, 1.807) is 60.1 Å². The van der Waals surface area contributed by atoms with E-state index in [1.165, 1.54) is 0 Å². The highest BCUT2D eigenvalue weighted by Gasteiger charge is 2.23. The second-order valence-electron chi connectivity index (χ2n) is 6.18. The summed E-state index contributed by atoms with van der Waals surface area (Å²) in [5, 5.41) is 3.12. The van der Waals surface area contributed by atoms with Gasteiger partial charge in [-0.2, -0.15) is 0 Å². The molecule has 3 aromatic heterocycles. The Balaban J connectivity index is 1.44. The predicted molar refractivity (Wildman–Crippen MR) is 96.1 cm³/mol. The van der Waals surface area contributed by atoms with Gasteiger partial charge in [-0.1, -0.05) is 0 Å². The van der Waals surface area contributed by atoms with E-state index in [1.807, 2.05) is 0 Å². The van der Waals surface area contributed by atoms with Gasteiger partial charge in [-0.15, -0.1) is 0 Å². The Morgan fingerprint density at radius 3 is 2.85 bits per heavy atom. The Bertz CT molecular complexity index is 866. The van der Waals surface area contributed by atoms with Gasteiger partial charge in [0.15, 0.2) is 0 Å². The molecule has 26 heavy (non-hydrogen) atoms. The predicted octanol–water partition coefficient (Wildman–Crippen LogP) is 1.46. The number of carbonyl (C=O) groups is 1. The molecule has 4 heterocycles. The van der Waals surface area contributed by atoms with Crippen LogP contribution < -0.4 is 10.2 Å². The summed E-state index contributed by atoms with van der Waals surface area (Å²) in [7, 11) is 0. The number of pyridine rings is 1. The first-order valence-electron chi connectivity index (χ1n) is 8.57. The normalized spacial score (nSPS) is 17.1. The maximum absolute atomic E-state index is 12.7. The molecule has 1 N–H and O–H groups in total. The number of aromatic nitrogens is 5. The van der Waals surface area contributed by atoms with Crippen molar-refractivity contribution in [3.8, 4) is 5.82 Å². The molecule has 8 nitrogen and oxygen atoms in total. The maximum Gasteiger partial charge on any atom is 0.251 e. The van der Waals surface area contributed by atoms with Crippen molar-refractivity contribution < 1.29 is 4.79 Å². The number of nitrogens with zero attached hydrogens (tertiary/aromatic N) is 6. The summed E-state index contributed by atoms with van der Waals surface area (Å²) in [6.07, 6.45) is 12.2. The molecular weight excluding hydrogens is 330 g/mol. The Kier molecular flexibility index (Phi) is 4.55. The van der Waals surface area contributed by atoms with Crippen LogP contribution in [0.1, 0.15) is 23.2 Å². The fourth-order valence-electron chi connectivity index (χ4n) is 3.10. The lowest BCUT2D eigenvalue weighted by atomic mass is 10.1. The summed E-state index contributed by atoms with van der Waals surface area (Å²) < 4.78 is 1.77. The zero-order chi connectivity index (χ0) is 17.8. The number of amides is 1. The molecule has 1 atom stereocenters. The van der Waals surface area contributed by atoms with Gasteiger partial charge < -0.3 is 10.2 Å². The van der Waals surface area contributed by atoms with E-state index in [-0.39, 0.29) is 11.9 Å². The van der Waals surface area contributed by atoms with Crippen LogP contribution >= 0.6 is 0 Å². The van der Waals surface area contributed by atoms with Gasteiger partial charge >= 0.3 is 0 Å². The summed E-state index contributed by atoms with van der Waals surface area (Å²) in [6, 6.07) is 5.34. The Hall–Kier alpha value is -3.29. The molecule has 0 unspecified atom stereocenters. The third kappa shape index (κ3) is 3.53. The van der Waals surface area contributed by atoms with Crippen LogP contribution in [0.25, 0.3) is 5.82 Å². The fraction of sp³-hybridized carbons (Fsp3) is 0.278. The summed E-state index contributed by atoms with van der Waals surface area (Å²) in [5.74, 6) is 1.27. The van der Waals surface area contributed by atoms with E-state index >= 15 is 0 Å². The molecule has 0 radical (unpaired) electrons. The van der Waals surface area contributed by atoms with E-state index in [9.17, 15) is 4.79 Å².